The van der Waals surface area contributed by atoms with Crippen LogP contribution in [0.4, 0.5) is 5.69 Å². The van der Waals surface area contributed by atoms with Gasteiger partial charge < -0.3 is 19.2 Å². The smallest absolute Gasteiger partial charge is 0.255 e. The molecule has 31 heavy (non-hydrogen) atoms. The van der Waals surface area contributed by atoms with Gasteiger partial charge in [0.15, 0.2) is 16.9 Å². The van der Waals surface area contributed by atoms with E-state index in [-0.39, 0.29) is 11.3 Å². The van der Waals surface area contributed by atoms with Crippen molar-refractivity contribution in [3.05, 3.63) is 88.1 Å². The summed E-state index contributed by atoms with van der Waals surface area (Å²) in [6.07, 6.45) is 0. The molecular formula is C25H21NO5. The van der Waals surface area contributed by atoms with Crippen molar-refractivity contribution in [3.8, 4) is 22.8 Å². The molecule has 4 aromatic rings. The van der Waals surface area contributed by atoms with Crippen LogP contribution in [0, 0.1) is 6.92 Å². The second kappa shape index (κ2) is 8.36. The zero-order valence-corrected chi connectivity index (χ0v) is 17.4. The first-order valence-electron chi connectivity index (χ1n) is 9.67. The molecule has 156 valence electrons. The Labute approximate surface area is 179 Å². The average molecular weight is 415 g/mol. The lowest BCUT2D eigenvalue weighted by Gasteiger charge is -2.10. The highest BCUT2D eigenvalue weighted by molar-refractivity contribution is 6.05. The van der Waals surface area contributed by atoms with Crippen LogP contribution in [-0.2, 0) is 0 Å². The van der Waals surface area contributed by atoms with E-state index in [0.29, 0.717) is 45.0 Å². The maximum Gasteiger partial charge on any atom is 0.255 e. The highest BCUT2D eigenvalue weighted by Crippen LogP contribution is 2.33. The van der Waals surface area contributed by atoms with Crippen LogP contribution in [0.1, 0.15) is 15.9 Å². The van der Waals surface area contributed by atoms with Crippen molar-refractivity contribution in [3.63, 3.8) is 0 Å². The summed E-state index contributed by atoms with van der Waals surface area (Å²) in [7, 11) is 3.10. The van der Waals surface area contributed by atoms with Crippen molar-refractivity contribution in [2.45, 2.75) is 6.92 Å². The molecule has 0 radical (unpaired) electrons. The number of fused-ring (bicyclic) bond motifs is 1. The first-order valence-corrected chi connectivity index (χ1v) is 9.67. The number of amides is 1. The summed E-state index contributed by atoms with van der Waals surface area (Å²) >= 11 is 0. The number of hydrogen-bond acceptors (Lipinski definition) is 5. The maximum absolute atomic E-state index is 12.8. The van der Waals surface area contributed by atoms with Crippen molar-refractivity contribution in [1.82, 2.24) is 0 Å². The molecule has 1 N–H and O–H groups in total. The van der Waals surface area contributed by atoms with E-state index in [4.69, 9.17) is 13.9 Å². The molecule has 0 unspecified atom stereocenters. The largest absolute Gasteiger partial charge is 0.493 e. The summed E-state index contributed by atoms with van der Waals surface area (Å²) in [5, 5.41) is 3.20. The molecule has 0 aliphatic carbocycles. The van der Waals surface area contributed by atoms with Crippen LogP contribution >= 0.6 is 0 Å². The van der Waals surface area contributed by atoms with Crippen LogP contribution in [0.15, 0.2) is 75.9 Å². The number of carbonyl (C=O) groups excluding carboxylic acids is 1. The molecule has 0 saturated heterocycles. The molecule has 0 fully saturated rings. The van der Waals surface area contributed by atoms with E-state index in [1.165, 1.54) is 6.07 Å². The summed E-state index contributed by atoms with van der Waals surface area (Å²) < 4.78 is 16.5. The van der Waals surface area contributed by atoms with Gasteiger partial charge >= 0.3 is 0 Å². The summed E-state index contributed by atoms with van der Waals surface area (Å²) in [5.74, 6) is 1.29. The average Bonchev–Trinajstić information content (AvgIpc) is 2.79. The molecule has 0 atom stereocenters. The molecule has 3 aromatic carbocycles. The summed E-state index contributed by atoms with van der Waals surface area (Å²) in [5.41, 5.74) is 3.03. The van der Waals surface area contributed by atoms with E-state index in [2.05, 4.69) is 5.32 Å². The Bertz CT molecular complexity index is 1320. The van der Waals surface area contributed by atoms with Crippen molar-refractivity contribution in [2.24, 2.45) is 0 Å². The highest BCUT2D eigenvalue weighted by Gasteiger charge is 2.12. The summed E-state index contributed by atoms with van der Waals surface area (Å²) in [4.78, 5) is 25.2. The van der Waals surface area contributed by atoms with E-state index in [0.717, 1.165) is 5.56 Å². The third-order valence-electron chi connectivity index (χ3n) is 4.97. The number of rotatable bonds is 5. The number of carbonyl (C=O) groups is 1. The number of ether oxygens (including phenoxy) is 2. The topological polar surface area (TPSA) is 77.8 Å². The van der Waals surface area contributed by atoms with Crippen molar-refractivity contribution >= 4 is 22.6 Å². The maximum atomic E-state index is 12.8. The fourth-order valence-corrected chi connectivity index (χ4v) is 3.27. The van der Waals surface area contributed by atoms with Gasteiger partial charge in [0, 0.05) is 22.9 Å². The number of nitrogens with one attached hydrogen (secondary N) is 1. The van der Waals surface area contributed by atoms with Gasteiger partial charge in [0.1, 0.15) is 11.3 Å². The summed E-state index contributed by atoms with van der Waals surface area (Å²) in [6.45, 7) is 1.96. The predicted molar refractivity (Wildman–Crippen MR) is 120 cm³/mol. The lowest BCUT2D eigenvalue weighted by molar-refractivity contribution is 0.102. The fourth-order valence-electron chi connectivity index (χ4n) is 3.27. The molecule has 1 aromatic heterocycles. The van der Waals surface area contributed by atoms with Gasteiger partial charge in [-0.15, -0.1) is 0 Å². The van der Waals surface area contributed by atoms with E-state index in [1.807, 2.05) is 19.1 Å². The Hall–Kier alpha value is -4.06. The van der Waals surface area contributed by atoms with E-state index < -0.39 is 0 Å². The van der Waals surface area contributed by atoms with E-state index in [1.54, 1.807) is 62.8 Å². The lowest BCUT2D eigenvalue weighted by Crippen LogP contribution is -2.12. The second-order valence-corrected chi connectivity index (χ2v) is 7.08. The number of aryl methyl sites for hydroxylation is 1. The van der Waals surface area contributed by atoms with E-state index in [9.17, 15) is 9.59 Å². The molecule has 0 bridgehead atoms. The quantitative estimate of drug-likeness (QED) is 0.494. The van der Waals surface area contributed by atoms with Gasteiger partial charge in [-0.2, -0.15) is 0 Å². The molecule has 1 amide bonds. The molecule has 0 saturated carbocycles. The Morgan fingerprint density at radius 1 is 0.871 bits per heavy atom. The summed E-state index contributed by atoms with van der Waals surface area (Å²) in [6, 6.07) is 19.0. The monoisotopic (exact) mass is 415 g/mol. The predicted octanol–water partition coefficient (Wildman–Crippen LogP) is 5.04. The van der Waals surface area contributed by atoms with Crippen LogP contribution in [0.5, 0.6) is 11.5 Å². The molecule has 0 aliphatic rings. The minimum Gasteiger partial charge on any atom is -0.493 e. The van der Waals surface area contributed by atoms with Crippen LogP contribution in [0.2, 0.25) is 0 Å². The lowest BCUT2D eigenvalue weighted by atomic mass is 10.1. The number of methoxy groups -OCH3 is 2. The van der Waals surface area contributed by atoms with Crippen LogP contribution in [-0.4, -0.2) is 20.1 Å². The number of anilines is 1. The molecule has 1 heterocycles. The molecule has 6 heteroatoms. The highest BCUT2D eigenvalue weighted by atomic mass is 16.5. The molecule has 0 spiro atoms. The van der Waals surface area contributed by atoms with Gasteiger partial charge in [-0.05, 0) is 55.5 Å². The van der Waals surface area contributed by atoms with Gasteiger partial charge in [-0.3, -0.25) is 9.59 Å². The Kier molecular flexibility index (Phi) is 5.45. The Morgan fingerprint density at radius 3 is 2.32 bits per heavy atom. The van der Waals surface area contributed by atoms with Crippen molar-refractivity contribution in [1.29, 1.82) is 0 Å². The SMILES string of the molecule is COc1ccc(-c2cc(=O)c3cc(NC(=O)c4ccc(C)cc4)ccc3o2)cc1OC. The van der Waals surface area contributed by atoms with E-state index >= 15 is 0 Å². The van der Waals surface area contributed by atoms with Gasteiger partial charge in [-0.1, -0.05) is 17.7 Å². The zero-order chi connectivity index (χ0) is 22.0. The minimum atomic E-state index is -0.245. The van der Waals surface area contributed by atoms with Crippen LogP contribution in [0.25, 0.3) is 22.3 Å². The number of benzene rings is 3. The first-order chi connectivity index (χ1) is 15.0. The van der Waals surface area contributed by atoms with Crippen LogP contribution < -0.4 is 20.2 Å². The minimum absolute atomic E-state index is 0.211. The third-order valence-corrected chi connectivity index (χ3v) is 4.97. The fraction of sp³-hybridized carbons (Fsp3) is 0.120. The van der Waals surface area contributed by atoms with Crippen molar-refractivity contribution < 1.29 is 18.7 Å². The van der Waals surface area contributed by atoms with Crippen molar-refractivity contribution in [2.75, 3.05) is 19.5 Å². The zero-order valence-electron chi connectivity index (χ0n) is 17.4. The molecule has 0 aliphatic heterocycles. The number of hydrogen-bond donors (Lipinski definition) is 1. The first kappa shape index (κ1) is 20.2. The third kappa shape index (κ3) is 4.14. The normalized spacial score (nSPS) is 10.7. The van der Waals surface area contributed by atoms with Gasteiger partial charge in [0.2, 0.25) is 0 Å². The van der Waals surface area contributed by atoms with Gasteiger partial charge in [-0.25, -0.2) is 0 Å². The Morgan fingerprint density at radius 2 is 1.61 bits per heavy atom. The molecule has 4 rings (SSSR count). The molecular weight excluding hydrogens is 394 g/mol. The Balaban J connectivity index is 1.66. The standard InChI is InChI=1S/C25H21NO5/c1-15-4-6-16(7-5-15)25(28)26-18-9-11-21-19(13-18)20(27)14-23(31-21)17-8-10-22(29-2)24(12-17)30-3/h4-14H,1-3H3,(H,26,28). The second-order valence-electron chi connectivity index (χ2n) is 7.08. The molecule has 6 nitrogen and oxygen atoms in total. The van der Waals surface area contributed by atoms with Gasteiger partial charge in [0.05, 0.1) is 19.6 Å². The van der Waals surface area contributed by atoms with Gasteiger partial charge in [0.25, 0.3) is 5.91 Å². The van der Waals surface area contributed by atoms with Crippen LogP contribution in [0.3, 0.4) is 0 Å².